The molecule has 2 rings (SSSR count). The van der Waals surface area contributed by atoms with E-state index >= 15 is 0 Å². The third-order valence-corrected chi connectivity index (χ3v) is 5.87. The lowest BCUT2D eigenvalue weighted by atomic mass is 10.0. The molecule has 1 aromatic rings. The predicted molar refractivity (Wildman–Crippen MR) is 98.3 cm³/mol. The summed E-state index contributed by atoms with van der Waals surface area (Å²) in [5.74, 6) is -0.719. The zero-order chi connectivity index (χ0) is 21.5. The average molecular weight is 405 g/mol. The SMILES string of the molecule is CC(C)N(Cc1cc(F)ccc1C(F)(F)F)[C@H]1CC[N+](C(=O)O)(C(C)(C)C)C1. The van der Waals surface area contributed by atoms with Gasteiger partial charge in [0.1, 0.15) is 17.9 Å². The quantitative estimate of drug-likeness (QED) is 0.558. The molecular formula is C20H29F4N2O2+. The molecule has 2 atom stereocenters. The fourth-order valence-electron chi connectivity index (χ4n) is 4.15. The molecule has 0 aliphatic carbocycles. The van der Waals surface area contributed by atoms with Crippen LogP contribution in [-0.4, -0.2) is 51.3 Å². The lowest BCUT2D eigenvalue weighted by Gasteiger charge is -2.41. The second kappa shape index (κ2) is 7.63. The van der Waals surface area contributed by atoms with E-state index in [9.17, 15) is 27.5 Å². The molecule has 1 aliphatic rings. The van der Waals surface area contributed by atoms with Crippen LogP contribution < -0.4 is 0 Å². The van der Waals surface area contributed by atoms with Crippen LogP contribution in [0.1, 0.15) is 52.2 Å². The van der Waals surface area contributed by atoms with E-state index in [4.69, 9.17) is 0 Å². The van der Waals surface area contributed by atoms with Gasteiger partial charge in [0, 0.05) is 19.0 Å². The Morgan fingerprint density at radius 2 is 1.89 bits per heavy atom. The minimum absolute atomic E-state index is 0.0846. The van der Waals surface area contributed by atoms with Gasteiger partial charge >= 0.3 is 12.3 Å². The molecule has 0 bridgehead atoms. The van der Waals surface area contributed by atoms with Crippen molar-refractivity contribution in [2.45, 2.75) is 71.4 Å². The topological polar surface area (TPSA) is 40.5 Å². The number of rotatable bonds is 4. The Bertz CT molecular complexity index is 728. The number of hydrogen-bond donors (Lipinski definition) is 1. The summed E-state index contributed by atoms with van der Waals surface area (Å²) in [7, 11) is 0. The minimum atomic E-state index is -4.58. The average Bonchev–Trinajstić information content (AvgIpc) is 2.97. The highest BCUT2D eigenvalue weighted by atomic mass is 19.4. The highest BCUT2D eigenvalue weighted by molar-refractivity contribution is 5.57. The summed E-state index contributed by atoms with van der Waals surface area (Å²) in [5.41, 5.74) is -1.52. The Balaban J connectivity index is 2.37. The number of quaternary nitrogens is 1. The lowest BCUT2D eigenvalue weighted by molar-refractivity contribution is -0.892. The second-order valence-electron chi connectivity index (χ2n) is 8.84. The van der Waals surface area contributed by atoms with Gasteiger partial charge in [-0.05, 0) is 58.4 Å². The molecule has 8 heteroatoms. The first-order valence-corrected chi connectivity index (χ1v) is 9.41. The van der Waals surface area contributed by atoms with Gasteiger partial charge in [-0.25, -0.2) is 8.87 Å². The Hall–Kier alpha value is -1.67. The van der Waals surface area contributed by atoms with Gasteiger partial charge < -0.3 is 5.11 Å². The van der Waals surface area contributed by atoms with E-state index in [1.807, 2.05) is 39.5 Å². The van der Waals surface area contributed by atoms with E-state index < -0.39 is 29.2 Å². The molecule has 0 spiro atoms. The Kier molecular flexibility index (Phi) is 6.16. The van der Waals surface area contributed by atoms with Crippen LogP contribution in [0, 0.1) is 5.82 Å². The molecular weight excluding hydrogens is 376 g/mol. The fourth-order valence-corrected chi connectivity index (χ4v) is 4.15. The number of halogens is 4. The largest absolute Gasteiger partial charge is 0.514 e. The number of carboxylic acid groups (broad SMARTS) is 1. The van der Waals surface area contributed by atoms with Gasteiger partial charge in [-0.3, -0.25) is 4.90 Å². The number of alkyl halides is 3. The minimum Gasteiger partial charge on any atom is -0.435 e. The highest BCUT2D eigenvalue weighted by Crippen LogP contribution is 2.37. The van der Waals surface area contributed by atoms with E-state index in [0.717, 1.165) is 18.2 Å². The maximum absolute atomic E-state index is 13.7. The van der Waals surface area contributed by atoms with Gasteiger partial charge in [-0.15, -0.1) is 0 Å². The summed E-state index contributed by atoms with van der Waals surface area (Å²) >= 11 is 0. The van der Waals surface area contributed by atoms with E-state index in [1.165, 1.54) is 0 Å². The lowest BCUT2D eigenvalue weighted by Crippen LogP contribution is -2.62. The zero-order valence-corrected chi connectivity index (χ0v) is 17.0. The molecule has 0 aromatic heterocycles. The first-order chi connectivity index (χ1) is 12.7. The van der Waals surface area contributed by atoms with Crippen molar-refractivity contribution in [2.24, 2.45) is 0 Å². The Morgan fingerprint density at radius 3 is 2.32 bits per heavy atom. The molecule has 4 nitrogen and oxygen atoms in total. The third-order valence-electron chi connectivity index (χ3n) is 5.87. The normalized spacial score (nSPS) is 23.6. The maximum atomic E-state index is 13.7. The molecule has 0 radical (unpaired) electrons. The van der Waals surface area contributed by atoms with Gasteiger partial charge in [0.25, 0.3) is 0 Å². The molecule has 1 saturated heterocycles. The van der Waals surface area contributed by atoms with E-state index in [-0.39, 0.29) is 28.7 Å². The van der Waals surface area contributed by atoms with Crippen LogP contribution >= 0.6 is 0 Å². The standard InChI is InChI=1S/C20H28F4N2O2/c1-13(2)25(11-14-10-15(21)6-7-17(14)20(22,23)24)16-8-9-26(12-16,18(27)28)19(3,4)5/h6-7,10,13,16H,8-9,11-12H2,1-5H3/p+1/t16-,26?/m0/s1. The van der Waals surface area contributed by atoms with Crippen LogP contribution in [0.4, 0.5) is 22.4 Å². The van der Waals surface area contributed by atoms with Gasteiger partial charge in [0.2, 0.25) is 0 Å². The molecule has 28 heavy (non-hydrogen) atoms. The number of nitrogens with zero attached hydrogens (tertiary/aromatic N) is 2. The van der Waals surface area contributed by atoms with Crippen molar-refractivity contribution in [3.05, 3.63) is 35.1 Å². The zero-order valence-electron chi connectivity index (χ0n) is 17.0. The van der Waals surface area contributed by atoms with Crippen LogP contribution in [-0.2, 0) is 12.7 Å². The van der Waals surface area contributed by atoms with Crippen molar-refractivity contribution in [3.8, 4) is 0 Å². The Morgan fingerprint density at radius 1 is 1.29 bits per heavy atom. The first-order valence-electron chi connectivity index (χ1n) is 9.41. The second-order valence-corrected chi connectivity index (χ2v) is 8.84. The van der Waals surface area contributed by atoms with Gasteiger partial charge in [0.15, 0.2) is 0 Å². The summed E-state index contributed by atoms with van der Waals surface area (Å²) in [6.07, 6.45) is -4.95. The van der Waals surface area contributed by atoms with Crippen LogP contribution in [0.5, 0.6) is 0 Å². The molecule has 1 N–H and O–H groups in total. The molecule has 1 aliphatic heterocycles. The van der Waals surface area contributed by atoms with Crippen molar-refractivity contribution in [1.82, 2.24) is 4.90 Å². The smallest absolute Gasteiger partial charge is 0.435 e. The highest BCUT2D eigenvalue weighted by Gasteiger charge is 2.54. The summed E-state index contributed by atoms with van der Waals surface area (Å²) in [6, 6.07) is 2.18. The van der Waals surface area contributed by atoms with Crippen molar-refractivity contribution in [2.75, 3.05) is 13.1 Å². The molecule has 0 saturated carbocycles. The van der Waals surface area contributed by atoms with Crippen LogP contribution in [0.15, 0.2) is 18.2 Å². The summed E-state index contributed by atoms with van der Waals surface area (Å²) in [5, 5.41) is 9.87. The van der Waals surface area contributed by atoms with E-state index in [1.54, 1.807) is 0 Å². The fraction of sp³-hybridized carbons (Fsp3) is 0.650. The van der Waals surface area contributed by atoms with Crippen LogP contribution in [0.3, 0.4) is 0 Å². The number of benzene rings is 1. The monoisotopic (exact) mass is 405 g/mol. The summed E-state index contributed by atoms with van der Waals surface area (Å²) in [4.78, 5) is 13.9. The van der Waals surface area contributed by atoms with E-state index in [0.29, 0.717) is 19.5 Å². The van der Waals surface area contributed by atoms with Crippen molar-refractivity contribution < 1.29 is 31.9 Å². The van der Waals surface area contributed by atoms with Gasteiger partial charge in [0.05, 0.1) is 18.2 Å². The predicted octanol–water partition coefficient (Wildman–Crippen LogP) is 5.12. The maximum Gasteiger partial charge on any atom is 0.514 e. The molecule has 1 unspecified atom stereocenters. The molecule has 1 aromatic carbocycles. The van der Waals surface area contributed by atoms with Gasteiger partial charge in [-0.2, -0.15) is 18.0 Å². The molecule has 1 amide bonds. The molecule has 1 fully saturated rings. The van der Waals surface area contributed by atoms with Crippen molar-refractivity contribution in [1.29, 1.82) is 0 Å². The number of hydrogen-bond acceptors (Lipinski definition) is 2. The van der Waals surface area contributed by atoms with Gasteiger partial charge in [-0.1, -0.05) is 0 Å². The summed E-state index contributed by atoms with van der Waals surface area (Å²) < 4.78 is 53.7. The van der Waals surface area contributed by atoms with Crippen LogP contribution in [0.2, 0.25) is 0 Å². The van der Waals surface area contributed by atoms with Crippen molar-refractivity contribution in [3.63, 3.8) is 0 Å². The molecule has 1 heterocycles. The molecule has 158 valence electrons. The van der Waals surface area contributed by atoms with Crippen LogP contribution in [0.25, 0.3) is 0 Å². The van der Waals surface area contributed by atoms with Crippen molar-refractivity contribution >= 4 is 6.09 Å². The Labute approximate surface area is 163 Å². The first kappa shape index (κ1) is 22.6. The summed E-state index contributed by atoms with van der Waals surface area (Å²) in [6.45, 7) is 9.91. The number of carbonyl (C=O) groups is 1. The van der Waals surface area contributed by atoms with E-state index in [2.05, 4.69) is 0 Å². The number of amides is 1. The number of likely N-dealkylation sites (tertiary alicyclic amines) is 1. The third kappa shape index (κ3) is 4.33.